The SMILES string of the molecule is O=C(O)/C(=C/c1c[nH]c2[nH]c(=O)ccc12)c1ccccc1. The number of fused-ring (bicyclic) bond motifs is 1. The van der Waals surface area contributed by atoms with E-state index in [1.807, 2.05) is 6.07 Å². The Labute approximate surface area is 119 Å². The van der Waals surface area contributed by atoms with Gasteiger partial charge >= 0.3 is 5.97 Å². The normalized spacial score (nSPS) is 11.7. The van der Waals surface area contributed by atoms with E-state index < -0.39 is 5.97 Å². The molecule has 0 aliphatic rings. The van der Waals surface area contributed by atoms with Crippen molar-refractivity contribution in [1.29, 1.82) is 0 Å². The lowest BCUT2D eigenvalue weighted by molar-refractivity contribution is -0.130. The van der Waals surface area contributed by atoms with Gasteiger partial charge in [0.05, 0.1) is 5.57 Å². The molecule has 0 unspecified atom stereocenters. The maximum absolute atomic E-state index is 11.5. The van der Waals surface area contributed by atoms with Gasteiger partial charge < -0.3 is 15.1 Å². The number of aromatic amines is 2. The minimum absolute atomic E-state index is 0.197. The third-order valence-electron chi connectivity index (χ3n) is 3.22. The molecule has 1 aromatic carbocycles. The molecule has 3 aromatic rings. The van der Waals surface area contributed by atoms with Gasteiger partial charge in [-0.3, -0.25) is 4.79 Å². The van der Waals surface area contributed by atoms with Crippen molar-refractivity contribution in [2.75, 3.05) is 0 Å². The van der Waals surface area contributed by atoms with Gasteiger partial charge in [0.1, 0.15) is 5.65 Å². The molecule has 0 aliphatic heterocycles. The van der Waals surface area contributed by atoms with Crippen LogP contribution >= 0.6 is 0 Å². The van der Waals surface area contributed by atoms with Crippen molar-refractivity contribution in [3.63, 3.8) is 0 Å². The molecule has 5 nitrogen and oxygen atoms in total. The third-order valence-corrected chi connectivity index (χ3v) is 3.22. The number of H-pyrrole nitrogens is 2. The Morgan fingerprint density at radius 1 is 1.10 bits per heavy atom. The van der Waals surface area contributed by atoms with Gasteiger partial charge in [-0.05, 0) is 17.7 Å². The van der Waals surface area contributed by atoms with Gasteiger partial charge in [0.15, 0.2) is 0 Å². The van der Waals surface area contributed by atoms with Crippen molar-refractivity contribution in [3.8, 4) is 0 Å². The van der Waals surface area contributed by atoms with E-state index in [1.54, 1.807) is 42.6 Å². The maximum atomic E-state index is 11.5. The molecule has 0 aliphatic carbocycles. The monoisotopic (exact) mass is 280 g/mol. The number of benzene rings is 1. The fourth-order valence-electron chi connectivity index (χ4n) is 2.22. The van der Waals surface area contributed by atoms with E-state index in [0.29, 0.717) is 16.8 Å². The Kier molecular flexibility index (Phi) is 3.16. The summed E-state index contributed by atoms with van der Waals surface area (Å²) in [5, 5.41) is 10.2. The van der Waals surface area contributed by atoms with Gasteiger partial charge in [0, 0.05) is 23.2 Å². The number of hydrogen-bond acceptors (Lipinski definition) is 2. The molecular weight excluding hydrogens is 268 g/mol. The molecule has 0 atom stereocenters. The number of carboxylic acid groups (broad SMARTS) is 1. The van der Waals surface area contributed by atoms with E-state index in [1.165, 1.54) is 6.07 Å². The molecule has 0 radical (unpaired) electrons. The summed E-state index contributed by atoms with van der Waals surface area (Å²) in [6, 6.07) is 12.0. The first kappa shape index (κ1) is 12.9. The highest BCUT2D eigenvalue weighted by molar-refractivity contribution is 6.21. The van der Waals surface area contributed by atoms with Gasteiger partial charge in [0.25, 0.3) is 0 Å². The van der Waals surface area contributed by atoms with E-state index in [-0.39, 0.29) is 11.1 Å². The van der Waals surface area contributed by atoms with Gasteiger partial charge in [-0.25, -0.2) is 4.79 Å². The smallest absolute Gasteiger partial charge is 0.336 e. The number of aliphatic carboxylic acids is 1. The van der Waals surface area contributed by atoms with E-state index >= 15 is 0 Å². The summed E-state index contributed by atoms with van der Waals surface area (Å²) in [4.78, 5) is 28.3. The first-order valence-electron chi connectivity index (χ1n) is 6.36. The summed E-state index contributed by atoms with van der Waals surface area (Å²) < 4.78 is 0. The summed E-state index contributed by atoms with van der Waals surface area (Å²) >= 11 is 0. The van der Waals surface area contributed by atoms with Crippen LogP contribution in [0.4, 0.5) is 0 Å². The lowest BCUT2D eigenvalue weighted by Gasteiger charge is -2.02. The Balaban J connectivity index is 2.16. The largest absolute Gasteiger partial charge is 0.478 e. The van der Waals surface area contributed by atoms with E-state index in [2.05, 4.69) is 9.97 Å². The van der Waals surface area contributed by atoms with Crippen molar-refractivity contribution in [2.45, 2.75) is 0 Å². The molecule has 0 fully saturated rings. The molecule has 3 rings (SSSR count). The Hall–Kier alpha value is -3.08. The molecule has 5 heteroatoms. The summed E-state index contributed by atoms with van der Waals surface area (Å²) in [7, 11) is 0. The second-order valence-corrected chi connectivity index (χ2v) is 4.58. The lowest BCUT2D eigenvalue weighted by Crippen LogP contribution is -2.02. The predicted molar refractivity (Wildman–Crippen MR) is 80.9 cm³/mol. The van der Waals surface area contributed by atoms with Crippen LogP contribution in [0, 0.1) is 0 Å². The number of rotatable bonds is 3. The second kappa shape index (κ2) is 5.13. The first-order valence-corrected chi connectivity index (χ1v) is 6.36. The molecule has 3 N–H and O–H groups in total. The molecule has 2 aromatic heterocycles. The zero-order valence-electron chi connectivity index (χ0n) is 11.0. The molecule has 0 amide bonds. The molecule has 2 heterocycles. The third kappa shape index (κ3) is 2.49. The lowest BCUT2D eigenvalue weighted by atomic mass is 10.0. The van der Waals surface area contributed by atoms with Crippen molar-refractivity contribution in [2.24, 2.45) is 0 Å². The van der Waals surface area contributed by atoms with Crippen LogP contribution in [0.1, 0.15) is 11.1 Å². The fraction of sp³-hybridized carbons (Fsp3) is 0. The van der Waals surface area contributed by atoms with Crippen LogP contribution < -0.4 is 5.56 Å². The second-order valence-electron chi connectivity index (χ2n) is 4.58. The van der Waals surface area contributed by atoms with Crippen LogP contribution in [0.25, 0.3) is 22.7 Å². The standard InChI is InChI=1S/C16H12N2O3/c19-14-7-6-12-11(9-17-15(12)18-14)8-13(16(20)21)10-4-2-1-3-5-10/h1-9H,(H,20,21)(H2,17,18,19)/b13-8+. The molecule has 0 saturated carbocycles. The van der Waals surface area contributed by atoms with Crippen molar-refractivity contribution in [3.05, 3.63) is 70.1 Å². The Bertz CT molecular complexity index is 889. The van der Waals surface area contributed by atoms with Crippen LogP contribution in [0.5, 0.6) is 0 Å². The van der Waals surface area contributed by atoms with Gasteiger partial charge in [-0.1, -0.05) is 30.3 Å². The van der Waals surface area contributed by atoms with Crippen LogP contribution in [0.15, 0.2) is 53.5 Å². The van der Waals surface area contributed by atoms with E-state index in [0.717, 1.165) is 5.39 Å². The number of pyridine rings is 1. The van der Waals surface area contributed by atoms with Gasteiger partial charge in [-0.15, -0.1) is 0 Å². The average Bonchev–Trinajstić information content (AvgIpc) is 2.87. The Morgan fingerprint density at radius 2 is 1.86 bits per heavy atom. The molecule has 0 bridgehead atoms. The zero-order chi connectivity index (χ0) is 14.8. The molecular formula is C16H12N2O3. The quantitative estimate of drug-likeness (QED) is 0.644. The minimum Gasteiger partial charge on any atom is -0.478 e. The summed E-state index contributed by atoms with van der Waals surface area (Å²) in [5.41, 5.74) is 1.90. The highest BCUT2D eigenvalue weighted by Gasteiger charge is 2.11. The van der Waals surface area contributed by atoms with Crippen LogP contribution in [0.3, 0.4) is 0 Å². The number of nitrogens with one attached hydrogen (secondary N) is 2. The van der Waals surface area contributed by atoms with Gasteiger partial charge in [-0.2, -0.15) is 0 Å². The van der Waals surface area contributed by atoms with Crippen LogP contribution in [0.2, 0.25) is 0 Å². The first-order chi connectivity index (χ1) is 10.1. The molecule has 21 heavy (non-hydrogen) atoms. The van der Waals surface area contributed by atoms with Crippen molar-refractivity contribution >= 4 is 28.7 Å². The average molecular weight is 280 g/mol. The summed E-state index contributed by atoms with van der Waals surface area (Å²) in [6.07, 6.45) is 3.27. The number of aromatic nitrogens is 2. The van der Waals surface area contributed by atoms with E-state index in [4.69, 9.17) is 0 Å². The highest BCUT2D eigenvalue weighted by atomic mass is 16.4. The summed E-state index contributed by atoms with van der Waals surface area (Å²) in [5.74, 6) is -1.00. The molecule has 0 saturated heterocycles. The van der Waals surface area contributed by atoms with E-state index in [9.17, 15) is 14.7 Å². The molecule has 0 spiro atoms. The maximum Gasteiger partial charge on any atom is 0.336 e. The van der Waals surface area contributed by atoms with Crippen LogP contribution in [-0.2, 0) is 4.79 Å². The predicted octanol–water partition coefficient (Wildman–Crippen LogP) is 2.48. The molecule has 104 valence electrons. The minimum atomic E-state index is -1.00. The van der Waals surface area contributed by atoms with Crippen LogP contribution in [-0.4, -0.2) is 21.0 Å². The number of hydrogen-bond donors (Lipinski definition) is 3. The topological polar surface area (TPSA) is 85.9 Å². The van der Waals surface area contributed by atoms with Crippen molar-refractivity contribution < 1.29 is 9.90 Å². The zero-order valence-corrected chi connectivity index (χ0v) is 11.0. The highest BCUT2D eigenvalue weighted by Crippen LogP contribution is 2.22. The fourth-order valence-corrected chi connectivity index (χ4v) is 2.22. The summed E-state index contributed by atoms with van der Waals surface area (Å²) in [6.45, 7) is 0. The number of carbonyl (C=O) groups is 1. The number of carboxylic acids is 1. The van der Waals surface area contributed by atoms with Crippen molar-refractivity contribution in [1.82, 2.24) is 9.97 Å². The van der Waals surface area contributed by atoms with Gasteiger partial charge in [0.2, 0.25) is 5.56 Å². The Morgan fingerprint density at radius 3 is 2.57 bits per heavy atom.